The molecule has 0 aliphatic carbocycles. The fourth-order valence-corrected chi connectivity index (χ4v) is 2.26. The summed E-state index contributed by atoms with van der Waals surface area (Å²) in [5.74, 6) is 0.624. The van der Waals surface area contributed by atoms with Crippen molar-refractivity contribution >= 4 is 34.2 Å². The van der Waals surface area contributed by atoms with Crippen LogP contribution < -0.4 is 10.6 Å². The lowest BCUT2D eigenvalue weighted by Crippen LogP contribution is -2.18. The van der Waals surface area contributed by atoms with Gasteiger partial charge in [0.1, 0.15) is 0 Å². The summed E-state index contributed by atoms with van der Waals surface area (Å²) >= 11 is 2.25. The van der Waals surface area contributed by atoms with Crippen LogP contribution in [0.15, 0.2) is 24.3 Å². The fourth-order valence-electron chi connectivity index (χ4n) is 1.90. The molecule has 1 aliphatic rings. The van der Waals surface area contributed by atoms with Crippen LogP contribution in [-0.2, 0) is 4.79 Å². The first kappa shape index (κ1) is 11.9. The van der Waals surface area contributed by atoms with E-state index in [9.17, 15) is 4.79 Å². The lowest BCUT2D eigenvalue weighted by Gasteiger charge is -2.09. The van der Waals surface area contributed by atoms with E-state index in [1.54, 1.807) is 0 Å². The van der Waals surface area contributed by atoms with Crippen LogP contribution in [0.1, 0.15) is 12.8 Å². The highest BCUT2D eigenvalue weighted by molar-refractivity contribution is 14.1. The Hall–Kier alpha value is -0.620. The Morgan fingerprint density at radius 1 is 1.44 bits per heavy atom. The third kappa shape index (κ3) is 3.45. The molecule has 0 spiro atoms. The molecule has 0 saturated carbocycles. The maximum Gasteiger partial charge on any atom is 0.224 e. The van der Waals surface area contributed by atoms with E-state index >= 15 is 0 Å². The van der Waals surface area contributed by atoms with Gasteiger partial charge in [-0.1, -0.05) is 0 Å². The van der Waals surface area contributed by atoms with Crippen molar-refractivity contribution in [2.75, 3.05) is 18.4 Å². The standard InChI is InChI=1S/C12H15IN2O/c13-10-1-3-11(4-2-10)15-12(16)7-9-5-6-14-8-9/h1-4,9,14H,5-8H2,(H,15,16). The van der Waals surface area contributed by atoms with E-state index in [2.05, 4.69) is 33.2 Å². The quantitative estimate of drug-likeness (QED) is 0.835. The van der Waals surface area contributed by atoms with Crippen molar-refractivity contribution in [1.82, 2.24) is 5.32 Å². The average molecular weight is 330 g/mol. The molecule has 1 unspecified atom stereocenters. The normalized spacial score (nSPS) is 19.7. The van der Waals surface area contributed by atoms with Crippen LogP contribution in [0.4, 0.5) is 5.69 Å². The first-order valence-electron chi connectivity index (χ1n) is 5.50. The Bertz CT molecular complexity index is 358. The number of nitrogens with one attached hydrogen (secondary N) is 2. The SMILES string of the molecule is O=C(CC1CCNC1)Nc1ccc(I)cc1. The van der Waals surface area contributed by atoms with E-state index in [-0.39, 0.29) is 5.91 Å². The summed E-state index contributed by atoms with van der Waals surface area (Å²) in [6.07, 6.45) is 1.74. The zero-order valence-corrected chi connectivity index (χ0v) is 11.2. The molecule has 86 valence electrons. The Morgan fingerprint density at radius 3 is 2.81 bits per heavy atom. The number of carbonyl (C=O) groups excluding carboxylic acids is 1. The first-order chi connectivity index (χ1) is 7.74. The van der Waals surface area contributed by atoms with Crippen molar-refractivity contribution in [3.05, 3.63) is 27.8 Å². The summed E-state index contributed by atoms with van der Waals surface area (Å²) in [6, 6.07) is 7.86. The molecule has 1 saturated heterocycles. The van der Waals surface area contributed by atoms with Crippen molar-refractivity contribution in [1.29, 1.82) is 0 Å². The number of rotatable bonds is 3. The molecule has 0 bridgehead atoms. The van der Waals surface area contributed by atoms with Gasteiger partial charge in [0.25, 0.3) is 0 Å². The highest BCUT2D eigenvalue weighted by Crippen LogP contribution is 2.15. The van der Waals surface area contributed by atoms with Gasteiger partial charge in [-0.2, -0.15) is 0 Å². The van der Waals surface area contributed by atoms with Crippen LogP contribution >= 0.6 is 22.6 Å². The van der Waals surface area contributed by atoms with Gasteiger partial charge in [-0.3, -0.25) is 4.79 Å². The molecule has 1 fully saturated rings. The van der Waals surface area contributed by atoms with Gasteiger partial charge < -0.3 is 10.6 Å². The first-order valence-corrected chi connectivity index (χ1v) is 6.58. The number of hydrogen-bond donors (Lipinski definition) is 2. The minimum absolute atomic E-state index is 0.120. The van der Waals surface area contributed by atoms with Gasteiger partial charge in [-0.15, -0.1) is 0 Å². The van der Waals surface area contributed by atoms with Crippen molar-refractivity contribution in [3.8, 4) is 0 Å². The lowest BCUT2D eigenvalue weighted by molar-refractivity contribution is -0.116. The van der Waals surface area contributed by atoms with Crippen LogP contribution in [0.5, 0.6) is 0 Å². The second-order valence-corrected chi connectivity index (χ2v) is 5.36. The molecule has 2 N–H and O–H groups in total. The van der Waals surface area contributed by atoms with Gasteiger partial charge in [-0.05, 0) is 72.3 Å². The Morgan fingerprint density at radius 2 is 2.19 bits per heavy atom. The number of anilines is 1. The number of carbonyl (C=O) groups is 1. The molecule has 1 aliphatic heterocycles. The van der Waals surface area contributed by atoms with Crippen molar-refractivity contribution < 1.29 is 4.79 Å². The maximum atomic E-state index is 11.7. The summed E-state index contributed by atoms with van der Waals surface area (Å²) in [5.41, 5.74) is 0.886. The zero-order chi connectivity index (χ0) is 11.4. The minimum atomic E-state index is 0.120. The number of hydrogen-bond acceptors (Lipinski definition) is 2. The number of benzene rings is 1. The second-order valence-electron chi connectivity index (χ2n) is 4.12. The molecule has 1 aromatic carbocycles. The molecule has 2 rings (SSSR count). The highest BCUT2D eigenvalue weighted by Gasteiger charge is 2.17. The van der Waals surface area contributed by atoms with Gasteiger partial charge in [-0.25, -0.2) is 0 Å². The van der Waals surface area contributed by atoms with Gasteiger partial charge >= 0.3 is 0 Å². The second kappa shape index (κ2) is 5.63. The van der Waals surface area contributed by atoms with E-state index in [4.69, 9.17) is 0 Å². The molecule has 16 heavy (non-hydrogen) atoms. The Balaban J connectivity index is 1.84. The average Bonchev–Trinajstić information content (AvgIpc) is 2.74. The summed E-state index contributed by atoms with van der Waals surface area (Å²) in [5, 5.41) is 6.19. The molecular formula is C12H15IN2O. The van der Waals surface area contributed by atoms with E-state index in [0.29, 0.717) is 12.3 Å². The van der Waals surface area contributed by atoms with Crippen molar-refractivity contribution in [3.63, 3.8) is 0 Å². The largest absolute Gasteiger partial charge is 0.326 e. The third-order valence-corrected chi connectivity index (χ3v) is 3.48. The van der Waals surface area contributed by atoms with Crippen molar-refractivity contribution in [2.45, 2.75) is 12.8 Å². The topological polar surface area (TPSA) is 41.1 Å². The third-order valence-electron chi connectivity index (χ3n) is 2.76. The summed E-state index contributed by atoms with van der Waals surface area (Å²) in [7, 11) is 0. The highest BCUT2D eigenvalue weighted by atomic mass is 127. The zero-order valence-electron chi connectivity index (χ0n) is 9.00. The molecule has 0 aromatic heterocycles. The van der Waals surface area contributed by atoms with E-state index < -0.39 is 0 Å². The number of halogens is 1. The van der Waals surface area contributed by atoms with Crippen LogP contribution in [0.3, 0.4) is 0 Å². The lowest BCUT2D eigenvalue weighted by atomic mass is 10.0. The predicted octanol–water partition coefficient (Wildman–Crippen LogP) is 2.23. The molecule has 1 heterocycles. The Kier molecular flexibility index (Phi) is 4.17. The van der Waals surface area contributed by atoms with Gasteiger partial charge in [0, 0.05) is 15.7 Å². The van der Waals surface area contributed by atoms with Gasteiger partial charge in [0.15, 0.2) is 0 Å². The van der Waals surface area contributed by atoms with E-state index in [1.807, 2.05) is 24.3 Å². The molecule has 4 heteroatoms. The monoisotopic (exact) mass is 330 g/mol. The van der Waals surface area contributed by atoms with Crippen LogP contribution in [0.25, 0.3) is 0 Å². The van der Waals surface area contributed by atoms with E-state index in [0.717, 1.165) is 25.2 Å². The summed E-state index contributed by atoms with van der Waals surface area (Å²) < 4.78 is 1.18. The van der Waals surface area contributed by atoms with Gasteiger partial charge in [0.05, 0.1) is 0 Å². The Labute approximate surface area is 109 Å². The predicted molar refractivity (Wildman–Crippen MR) is 73.4 cm³/mol. The maximum absolute atomic E-state index is 11.7. The molecule has 3 nitrogen and oxygen atoms in total. The smallest absolute Gasteiger partial charge is 0.224 e. The molecule has 1 atom stereocenters. The van der Waals surface area contributed by atoms with Crippen molar-refractivity contribution in [2.24, 2.45) is 5.92 Å². The van der Waals surface area contributed by atoms with Crippen LogP contribution in [0.2, 0.25) is 0 Å². The molecule has 1 aromatic rings. The molecular weight excluding hydrogens is 315 g/mol. The fraction of sp³-hybridized carbons (Fsp3) is 0.417. The summed E-state index contributed by atoms with van der Waals surface area (Å²) in [6.45, 7) is 2.02. The summed E-state index contributed by atoms with van der Waals surface area (Å²) in [4.78, 5) is 11.7. The number of amides is 1. The van der Waals surface area contributed by atoms with Gasteiger partial charge in [0.2, 0.25) is 5.91 Å². The molecule has 1 amide bonds. The molecule has 0 radical (unpaired) electrons. The van der Waals surface area contributed by atoms with Crippen LogP contribution in [0, 0.1) is 9.49 Å². The van der Waals surface area contributed by atoms with Crippen LogP contribution in [-0.4, -0.2) is 19.0 Å². The van der Waals surface area contributed by atoms with E-state index in [1.165, 1.54) is 3.57 Å². The minimum Gasteiger partial charge on any atom is -0.326 e.